The predicted octanol–water partition coefficient (Wildman–Crippen LogP) is 3.75. The van der Waals surface area contributed by atoms with Gasteiger partial charge in [0.2, 0.25) is 10.0 Å². The summed E-state index contributed by atoms with van der Waals surface area (Å²) in [6.45, 7) is 2.82. The number of nitrogens with two attached hydrogens (primary N) is 1. The van der Waals surface area contributed by atoms with E-state index in [0.29, 0.717) is 35.5 Å². The van der Waals surface area contributed by atoms with Gasteiger partial charge in [-0.2, -0.15) is 0 Å². The fourth-order valence-corrected chi connectivity index (χ4v) is 4.28. The topological polar surface area (TPSA) is 149 Å². The minimum atomic E-state index is -3.88. The Kier molecular flexibility index (Phi) is 8.00. The third-order valence-corrected chi connectivity index (χ3v) is 6.09. The molecule has 3 aromatic carbocycles. The van der Waals surface area contributed by atoms with Gasteiger partial charge in [0.1, 0.15) is 5.84 Å². The number of benzene rings is 3. The molecule has 0 fully saturated rings. The second-order valence-corrected chi connectivity index (χ2v) is 9.19. The van der Waals surface area contributed by atoms with Crippen molar-refractivity contribution < 1.29 is 18.4 Å². The second-order valence-electron chi connectivity index (χ2n) is 7.66. The summed E-state index contributed by atoms with van der Waals surface area (Å²) in [5, 5.41) is 24.9. The highest BCUT2D eigenvalue weighted by atomic mass is 32.2. The van der Waals surface area contributed by atoms with Crippen molar-refractivity contribution in [2.75, 3.05) is 11.9 Å². The van der Waals surface area contributed by atoms with Gasteiger partial charge in [-0.15, -0.1) is 0 Å². The highest BCUT2D eigenvalue weighted by Gasteiger charge is 2.16. The van der Waals surface area contributed by atoms with E-state index in [1.807, 2.05) is 18.5 Å². The molecule has 0 aromatic heterocycles. The Hall–Kier alpha value is -3.73. The van der Waals surface area contributed by atoms with Crippen LogP contribution in [0.4, 0.5) is 10.5 Å². The molecule has 0 radical (unpaired) electrons. The quantitative estimate of drug-likeness (QED) is 0.189. The summed E-state index contributed by atoms with van der Waals surface area (Å²) in [4.78, 5) is 14.6. The van der Waals surface area contributed by atoms with Crippen LogP contribution in [0.15, 0.2) is 77.7 Å². The molecule has 9 nitrogen and oxygen atoms in total. The Labute approximate surface area is 198 Å². The highest BCUT2D eigenvalue weighted by Crippen LogP contribution is 2.27. The van der Waals surface area contributed by atoms with Crippen LogP contribution in [0.3, 0.4) is 0 Å². The molecule has 0 aliphatic heterocycles. The molecular formula is C24H27N5O4S. The van der Waals surface area contributed by atoms with E-state index in [0.717, 1.165) is 12.0 Å². The van der Waals surface area contributed by atoms with E-state index >= 15 is 0 Å². The number of amidine groups is 1. The molecule has 0 atom stereocenters. The van der Waals surface area contributed by atoms with Gasteiger partial charge in [0.05, 0.1) is 4.90 Å². The number of sulfonamides is 1. The summed E-state index contributed by atoms with van der Waals surface area (Å²) < 4.78 is 23.8. The Morgan fingerprint density at radius 2 is 1.76 bits per heavy atom. The molecule has 178 valence electrons. The first kappa shape index (κ1) is 24.9. The fourth-order valence-electron chi connectivity index (χ4n) is 3.52. The van der Waals surface area contributed by atoms with E-state index in [4.69, 9.17) is 15.8 Å². The molecule has 6 N–H and O–H groups in total. The van der Waals surface area contributed by atoms with Crippen LogP contribution in [0.2, 0.25) is 0 Å². The number of amides is 2. The molecule has 2 amide bonds. The van der Waals surface area contributed by atoms with Crippen LogP contribution in [0.5, 0.6) is 0 Å². The predicted molar refractivity (Wildman–Crippen MR) is 131 cm³/mol. The van der Waals surface area contributed by atoms with Gasteiger partial charge < -0.3 is 10.2 Å². The summed E-state index contributed by atoms with van der Waals surface area (Å²) in [7, 11) is -3.88. The lowest BCUT2D eigenvalue weighted by Gasteiger charge is -2.23. The number of anilines is 1. The largest absolute Gasteiger partial charge is 0.322 e. The smallest absolute Gasteiger partial charge is 0.320 e. The van der Waals surface area contributed by atoms with E-state index < -0.39 is 10.0 Å². The van der Waals surface area contributed by atoms with Gasteiger partial charge in [-0.3, -0.25) is 16.1 Å². The van der Waals surface area contributed by atoms with Crippen molar-refractivity contribution in [3.8, 4) is 11.1 Å². The second kappa shape index (κ2) is 10.9. The van der Waals surface area contributed by atoms with Crippen LogP contribution < -0.4 is 15.9 Å². The minimum Gasteiger partial charge on any atom is -0.320 e. The first-order valence-electron chi connectivity index (χ1n) is 10.6. The zero-order chi connectivity index (χ0) is 24.7. The molecular weight excluding hydrogens is 454 g/mol. The van der Waals surface area contributed by atoms with E-state index in [2.05, 4.69) is 5.32 Å². The average Bonchev–Trinajstić information content (AvgIpc) is 2.83. The highest BCUT2D eigenvalue weighted by molar-refractivity contribution is 7.89. The van der Waals surface area contributed by atoms with Crippen molar-refractivity contribution in [3.63, 3.8) is 0 Å². The first-order valence-corrected chi connectivity index (χ1v) is 12.1. The van der Waals surface area contributed by atoms with Gasteiger partial charge in [-0.1, -0.05) is 55.5 Å². The van der Waals surface area contributed by atoms with E-state index in [1.165, 1.54) is 6.07 Å². The standard InChI is InChI=1S/C24H27N5O4S/c1-2-14-29(16-17-6-5-7-19(15-17)23(25)28-31)24(30)27-20-12-10-18(11-13-20)21-8-3-4-9-22(21)34(26,32)33/h3-13,15,31H,2,14,16H2,1H3,(H2,25,28)(H,27,30)(H2,26,32,33). The molecule has 0 aliphatic rings. The van der Waals surface area contributed by atoms with Crippen LogP contribution in [-0.4, -0.2) is 36.9 Å². The summed E-state index contributed by atoms with van der Waals surface area (Å²) in [5.74, 6) is -0.127. The number of carbonyl (C=O) groups is 1. The van der Waals surface area contributed by atoms with Crippen LogP contribution in [-0.2, 0) is 16.6 Å². The van der Waals surface area contributed by atoms with Gasteiger partial charge >= 0.3 is 6.03 Å². The number of primary sulfonamides is 1. The summed E-state index contributed by atoms with van der Waals surface area (Å²) in [6, 6.07) is 20.1. The summed E-state index contributed by atoms with van der Waals surface area (Å²) >= 11 is 0. The lowest BCUT2D eigenvalue weighted by molar-refractivity contribution is 0.209. The van der Waals surface area contributed by atoms with Gasteiger partial charge in [-0.25, -0.2) is 18.4 Å². The van der Waals surface area contributed by atoms with Crippen LogP contribution in [0.25, 0.3) is 11.1 Å². The lowest BCUT2D eigenvalue weighted by atomic mass is 10.1. The lowest BCUT2D eigenvalue weighted by Crippen LogP contribution is -2.35. The molecule has 0 bridgehead atoms. The number of urea groups is 1. The normalized spacial score (nSPS) is 11.0. The summed E-state index contributed by atoms with van der Waals surface area (Å²) in [6.07, 6.45) is 0.754. The van der Waals surface area contributed by atoms with Crippen LogP contribution in [0, 0.1) is 5.41 Å². The van der Waals surface area contributed by atoms with Gasteiger partial charge in [0, 0.05) is 29.9 Å². The Morgan fingerprint density at radius 3 is 2.41 bits per heavy atom. The number of hydrogen-bond donors (Lipinski definition) is 5. The van der Waals surface area contributed by atoms with Crippen molar-refractivity contribution in [2.24, 2.45) is 5.14 Å². The minimum absolute atomic E-state index is 0.0348. The molecule has 0 spiro atoms. The van der Waals surface area contributed by atoms with Crippen molar-refractivity contribution in [2.45, 2.75) is 24.8 Å². The Morgan fingerprint density at radius 1 is 1.06 bits per heavy atom. The SMILES string of the molecule is CCCN(Cc1cccc(C(=N)NO)c1)C(=O)Nc1ccc(-c2ccccc2S(N)(=O)=O)cc1. The van der Waals surface area contributed by atoms with E-state index in [1.54, 1.807) is 65.6 Å². The molecule has 0 aliphatic carbocycles. The molecule has 34 heavy (non-hydrogen) atoms. The van der Waals surface area contributed by atoms with Crippen molar-refractivity contribution in [3.05, 3.63) is 83.9 Å². The maximum absolute atomic E-state index is 12.9. The van der Waals surface area contributed by atoms with Crippen molar-refractivity contribution in [1.29, 1.82) is 5.41 Å². The van der Waals surface area contributed by atoms with Crippen LogP contribution >= 0.6 is 0 Å². The molecule has 0 saturated carbocycles. The van der Waals surface area contributed by atoms with Crippen molar-refractivity contribution >= 4 is 27.6 Å². The van der Waals surface area contributed by atoms with Gasteiger partial charge in [0.15, 0.2) is 0 Å². The number of hydroxylamine groups is 1. The number of nitrogens with zero attached hydrogens (tertiary/aromatic N) is 1. The molecule has 3 rings (SSSR count). The molecule has 0 heterocycles. The molecule has 10 heteroatoms. The molecule has 0 unspecified atom stereocenters. The number of nitrogens with one attached hydrogen (secondary N) is 3. The Bertz CT molecular complexity index is 1280. The first-order chi connectivity index (χ1) is 16.2. The van der Waals surface area contributed by atoms with E-state index in [9.17, 15) is 13.2 Å². The maximum atomic E-state index is 12.9. The van der Waals surface area contributed by atoms with Gasteiger partial charge in [-0.05, 0) is 41.8 Å². The maximum Gasteiger partial charge on any atom is 0.322 e. The zero-order valence-electron chi connectivity index (χ0n) is 18.7. The summed E-state index contributed by atoms with van der Waals surface area (Å²) in [5.41, 5.74) is 4.84. The van der Waals surface area contributed by atoms with Crippen LogP contribution in [0.1, 0.15) is 24.5 Å². The average molecular weight is 482 g/mol. The van der Waals surface area contributed by atoms with Gasteiger partial charge in [0.25, 0.3) is 0 Å². The monoisotopic (exact) mass is 481 g/mol. The molecule has 0 saturated heterocycles. The number of hydrogen-bond acceptors (Lipinski definition) is 5. The third kappa shape index (κ3) is 6.19. The third-order valence-electron chi connectivity index (χ3n) is 5.12. The van der Waals surface area contributed by atoms with E-state index in [-0.39, 0.29) is 16.8 Å². The van der Waals surface area contributed by atoms with Crippen molar-refractivity contribution in [1.82, 2.24) is 10.4 Å². The zero-order valence-corrected chi connectivity index (χ0v) is 19.5. The fraction of sp³-hybridized carbons (Fsp3) is 0.167. The Balaban J connectivity index is 1.76. The molecule has 3 aromatic rings. The number of rotatable bonds is 8. The number of carbonyl (C=O) groups excluding carboxylic acids is 1.